The number of hydrogen-bond acceptors (Lipinski definition) is 8. The van der Waals surface area contributed by atoms with Crippen LogP contribution in [-0.2, 0) is 17.6 Å². The number of morpholine rings is 1. The average Bonchev–Trinajstić information content (AvgIpc) is 2.85. The lowest BCUT2D eigenvalue weighted by atomic mass is 10.2. The van der Waals surface area contributed by atoms with Crippen molar-refractivity contribution in [2.45, 2.75) is 38.5 Å². The first-order valence-corrected chi connectivity index (χ1v) is 12.1. The summed E-state index contributed by atoms with van der Waals surface area (Å²) in [6.07, 6.45) is 7.02. The summed E-state index contributed by atoms with van der Waals surface area (Å²) in [5, 5.41) is 14.3. The smallest absolute Gasteiger partial charge is 0.229 e. The van der Waals surface area contributed by atoms with Gasteiger partial charge in [-0.15, -0.1) is 0 Å². The number of pyridine rings is 1. The van der Waals surface area contributed by atoms with Crippen LogP contribution in [0.15, 0.2) is 30.5 Å². The van der Waals surface area contributed by atoms with Crippen molar-refractivity contribution in [2.75, 3.05) is 49.7 Å². The van der Waals surface area contributed by atoms with Crippen LogP contribution in [-0.4, -0.2) is 64.5 Å². The fraction of sp³-hybridized carbons (Fsp3) is 0.500. The lowest BCUT2D eigenvalue weighted by Gasteiger charge is -2.27. The van der Waals surface area contributed by atoms with Crippen molar-refractivity contribution < 1.29 is 9.84 Å². The number of nitrogens with zero attached hydrogens (tertiary/aromatic N) is 5. The largest absolute Gasteiger partial charge is 0.396 e. The number of benzene rings is 1. The van der Waals surface area contributed by atoms with Crippen molar-refractivity contribution in [3.63, 3.8) is 0 Å². The third-order valence-corrected chi connectivity index (χ3v) is 5.90. The summed E-state index contributed by atoms with van der Waals surface area (Å²) >= 11 is 6.09. The summed E-state index contributed by atoms with van der Waals surface area (Å²) < 4.78 is 5.48. The van der Waals surface area contributed by atoms with Crippen LogP contribution in [0.2, 0.25) is 5.02 Å². The SMILES string of the molecule is OCCCCCc1nc(CCCNc2ccnc3cc(Cl)ccc23)nc(N2CCOCC2)n1. The second kappa shape index (κ2) is 12.1. The molecule has 0 aliphatic carbocycles. The molecule has 9 heteroatoms. The Balaban J connectivity index is 1.39. The van der Waals surface area contributed by atoms with Gasteiger partial charge in [-0.05, 0) is 43.5 Å². The second-order valence-electron chi connectivity index (χ2n) is 8.15. The quantitative estimate of drug-likeness (QED) is 0.410. The molecule has 0 amide bonds. The predicted octanol–water partition coefficient (Wildman–Crippen LogP) is 3.66. The van der Waals surface area contributed by atoms with Crippen molar-refractivity contribution >= 4 is 34.1 Å². The maximum absolute atomic E-state index is 9.02. The Labute approximate surface area is 199 Å². The Morgan fingerprint density at radius 3 is 2.55 bits per heavy atom. The van der Waals surface area contributed by atoms with Gasteiger partial charge in [0, 0.05) is 61.4 Å². The second-order valence-corrected chi connectivity index (χ2v) is 8.59. The molecule has 0 radical (unpaired) electrons. The summed E-state index contributed by atoms with van der Waals surface area (Å²) in [5.41, 5.74) is 1.93. The zero-order chi connectivity index (χ0) is 22.9. The standard InChI is InChI=1S/C24H31ClN6O2/c25-18-7-8-19-20(9-11-27-21(19)17-18)26-10-4-6-23-28-22(5-2-1-3-14-32)29-24(30-23)31-12-15-33-16-13-31/h7-9,11,17,32H,1-6,10,12-16H2,(H,26,27). The highest BCUT2D eigenvalue weighted by Gasteiger charge is 2.16. The topological polar surface area (TPSA) is 96.3 Å². The molecule has 8 nitrogen and oxygen atoms in total. The lowest BCUT2D eigenvalue weighted by molar-refractivity contribution is 0.122. The highest BCUT2D eigenvalue weighted by atomic mass is 35.5. The number of aliphatic hydroxyl groups is 1. The molecule has 2 aromatic heterocycles. The molecule has 0 unspecified atom stereocenters. The third kappa shape index (κ3) is 6.72. The van der Waals surface area contributed by atoms with Crippen molar-refractivity contribution in [3.05, 3.63) is 47.1 Å². The number of halogens is 1. The van der Waals surface area contributed by atoms with E-state index in [1.54, 1.807) is 6.20 Å². The van der Waals surface area contributed by atoms with E-state index in [0.29, 0.717) is 18.2 Å². The van der Waals surface area contributed by atoms with Gasteiger partial charge in [0.2, 0.25) is 5.95 Å². The third-order valence-electron chi connectivity index (χ3n) is 5.67. The molecular formula is C24H31ClN6O2. The number of aliphatic hydroxyl groups excluding tert-OH is 1. The van der Waals surface area contributed by atoms with Crippen molar-refractivity contribution in [1.29, 1.82) is 0 Å². The maximum atomic E-state index is 9.02. The first kappa shape index (κ1) is 23.6. The van der Waals surface area contributed by atoms with Gasteiger partial charge in [0.1, 0.15) is 11.6 Å². The zero-order valence-corrected chi connectivity index (χ0v) is 19.6. The summed E-state index contributed by atoms with van der Waals surface area (Å²) in [7, 11) is 0. The van der Waals surface area contributed by atoms with E-state index in [9.17, 15) is 0 Å². The van der Waals surface area contributed by atoms with Crippen LogP contribution in [0.3, 0.4) is 0 Å². The number of hydrogen-bond donors (Lipinski definition) is 2. The number of fused-ring (bicyclic) bond motifs is 1. The van der Waals surface area contributed by atoms with E-state index in [2.05, 4.69) is 15.2 Å². The molecule has 3 aromatic rings. The minimum atomic E-state index is 0.230. The molecule has 0 spiro atoms. The number of anilines is 2. The number of ether oxygens (including phenoxy) is 1. The van der Waals surface area contributed by atoms with E-state index < -0.39 is 0 Å². The monoisotopic (exact) mass is 470 g/mol. The molecule has 2 N–H and O–H groups in total. The predicted molar refractivity (Wildman–Crippen MR) is 131 cm³/mol. The highest BCUT2D eigenvalue weighted by molar-refractivity contribution is 6.31. The summed E-state index contributed by atoms with van der Waals surface area (Å²) in [6, 6.07) is 7.75. The van der Waals surface area contributed by atoms with Crippen molar-refractivity contribution in [1.82, 2.24) is 19.9 Å². The van der Waals surface area contributed by atoms with E-state index in [-0.39, 0.29) is 6.61 Å². The van der Waals surface area contributed by atoms with Gasteiger partial charge in [0.15, 0.2) is 0 Å². The molecule has 1 saturated heterocycles. The molecule has 33 heavy (non-hydrogen) atoms. The van der Waals surface area contributed by atoms with Crippen LogP contribution in [0.5, 0.6) is 0 Å². The number of aromatic nitrogens is 4. The van der Waals surface area contributed by atoms with Crippen LogP contribution in [0.1, 0.15) is 37.3 Å². The molecule has 1 fully saturated rings. The van der Waals surface area contributed by atoms with Gasteiger partial charge in [0.05, 0.1) is 18.7 Å². The molecule has 1 aromatic carbocycles. The Bertz CT molecular complexity index is 1040. The van der Waals surface area contributed by atoms with Crippen molar-refractivity contribution in [2.24, 2.45) is 0 Å². The number of aryl methyl sites for hydroxylation is 2. The van der Waals surface area contributed by atoms with Crippen LogP contribution in [0, 0.1) is 0 Å². The molecule has 1 aliphatic rings. The fourth-order valence-corrected chi connectivity index (χ4v) is 4.07. The van der Waals surface area contributed by atoms with E-state index in [0.717, 1.165) is 92.3 Å². The summed E-state index contributed by atoms with van der Waals surface area (Å²) in [6.45, 7) is 4.02. The van der Waals surface area contributed by atoms with Gasteiger partial charge in [-0.25, -0.2) is 4.98 Å². The molecule has 0 bridgehead atoms. The van der Waals surface area contributed by atoms with Gasteiger partial charge in [-0.1, -0.05) is 18.0 Å². The lowest BCUT2D eigenvalue weighted by Crippen LogP contribution is -2.37. The molecule has 0 saturated carbocycles. The number of nitrogens with one attached hydrogen (secondary N) is 1. The van der Waals surface area contributed by atoms with Crippen molar-refractivity contribution in [3.8, 4) is 0 Å². The molecule has 4 rings (SSSR count). The Hall–Kier alpha value is -2.55. The maximum Gasteiger partial charge on any atom is 0.229 e. The van der Waals surface area contributed by atoms with Crippen LogP contribution >= 0.6 is 11.6 Å². The van der Waals surface area contributed by atoms with Gasteiger partial charge in [-0.2, -0.15) is 9.97 Å². The molecule has 0 atom stereocenters. The fourth-order valence-electron chi connectivity index (χ4n) is 3.90. The first-order chi connectivity index (χ1) is 16.2. The van der Waals surface area contributed by atoms with E-state index in [1.165, 1.54) is 0 Å². The Kier molecular flexibility index (Phi) is 8.63. The highest BCUT2D eigenvalue weighted by Crippen LogP contribution is 2.24. The van der Waals surface area contributed by atoms with E-state index in [4.69, 9.17) is 36.4 Å². The molecule has 176 valence electrons. The minimum Gasteiger partial charge on any atom is -0.396 e. The number of rotatable bonds is 11. The van der Waals surface area contributed by atoms with E-state index >= 15 is 0 Å². The van der Waals surface area contributed by atoms with E-state index in [1.807, 2.05) is 24.3 Å². The Morgan fingerprint density at radius 2 is 1.76 bits per heavy atom. The number of unbranched alkanes of at least 4 members (excludes halogenated alkanes) is 2. The van der Waals surface area contributed by atoms with Gasteiger partial charge < -0.3 is 20.1 Å². The Morgan fingerprint density at radius 1 is 0.970 bits per heavy atom. The van der Waals surface area contributed by atoms with Crippen LogP contribution < -0.4 is 10.2 Å². The van der Waals surface area contributed by atoms with Crippen LogP contribution in [0.25, 0.3) is 10.9 Å². The zero-order valence-electron chi connectivity index (χ0n) is 18.8. The van der Waals surface area contributed by atoms with Gasteiger partial charge >= 0.3 is 0 Å². The molecule has 3 heterocycles. The molecular weight excluding hydrogens is 440 g/mol. The normalized spacial score (nSPS) is 14.1. The minimum absolute atomic E-state index is 0.230. The van der Waals surface area contributed by atoms with Gasteiger partial charge in [-0.3, -0.25) is 4.98 Å². The summed E-state index contributed by atoms with van der Waals surface area (Å²) in [4.78, 5) is 20.8. The molecule has 1 aliphatic heterocycles. The first-order valence-electron chi connectivity index (χ1n) is 11.7. The van der Waals surface area contributed by atoms with Gasteiger partial charge in [0.25, 0.3) is 0 Å². The van der Waals surface area contributed by atoms with Crippen LogP contribution in [0.4, 0.5) is 11.6 Å². The summed E-state index contributed by atoms with van der Waals surface area (Å²) in [5.74, 6) is 2.42. The average molecular weight is 471 g/mol.